The number of unbranched alkanes of at least 4 members (excludes halogenated alkanes) is 1. The van der Waals surface area contributed by atoms with Crippen molar-refractivity contribution >= 4 is 10.0 Å². The van der Waals surface area contributed by atoms with Crippen molar-refractivity contribution < 1.29 is 13.2 Å². The fourth-order valence-electron chi connectivity index (χ4n) is 2.05. The van der Waals surface area contributed by atoms with Crippen molar-refractivity contribution in [2.75, 3.05) is 12.4 Å². The number of hydrogen-bond donors (Lipinski definition) is 1. The summed E-state index contributed by atoms with van der Waals surface area (Å²) in [5.74, 6) is 0.903. The van der Waals surface area contributed by atoms with Crippen molar-refractivity contribution in [2.24, 2.45) is 11.1 Å². The van der Waals surface area contributed by atoms with Crippen molar-refractivity contribution in [3.8, 4) is 0 Å². The molecule has 1 fully saturated rings. The van der Waals surface area contributed by atoms with E-state index < -0.39 is 10.0 Å². The number of sulfonamides is 1. The van der Waals surface area contributed by atoms with Crippen molar-refractivity contribution in [3.05, 3.63) is 0 Å². The minimum atomic E-state index is -3.29. The molecular weight excluding hydrogens is 226 g/mol. The van der Waals surface area contributed by atoms with Crippen LogP contribution in [0, 0.1) is 5.92 Å². The van der Waals surface area contributed by atoms with Gasteiger partial charge in [-0.3, -0.25) is 0 Å². The van der Waals surface area contributed by atoms with E-state index in [-0.39, 0.29) is 5.75 Å². The molecule has 0 bridgehead atoms. The van der Waals surface area contributed by atoms with Crippen LogP contribution in [0.1, 0.15) is 45.4 Å². The summed E-state index contributed by atoms with van der Waals surface area (Å²) in [6, 6.07) is 0. The Kier molecular flexibility index (Phi) is 5.72. The normalized spacial score (nSPS) is 26.9. The zero-order valence-corrected chi connectivity index (χ0v) is 10.8. The van der Waals surface area contributed by atoms with Gasteiger partial charge in [-0.1, -0.05) is 6.92 Å². The van der Waals surface area contributed by atoms with Crippen LogP contribution in [0.15, 0.2) is 0 Å². The van der Waals surface area contributed by atoms with Gasteiger partial charge in [-0.2, -0.15) is 0 Å². The Bertz CT molecular complexity index is 282. The largest absolute Gasteiger partial charge is 0.378 e. The van der Waals surface area contributed by atoms with Crippen LogP contribution in [-0.4, -0.2) is 26.9 Å². The average molecular weight is 249 g/mol. The summed E-state index contributed by atoms with van der Waals surface area (Å²) in [4.78, 5) is 0. The van der Waals surface area contributed by atoms with E-state index in [0.29, 0.717) is 19.1 Å². The molecule has 0 radical (unpaired) electrons. The molecule has 0 spiro atoms. The van der Waals surface area contributed by atoms with Crippen LogP contribution in [0.25, 0.3) is 0 Å². The number of hydrogen-bond acceptors (Lipinski definition) is 3. The molecule has 0 aromatic rings. The molecule has 0 aromatic carbocycles. The first-order valence-corrected chi connectivity index (χ1v) is 7.81. The molecule has 1 saturated carbocycles. The molecule has 0 aromatic heterocycles. The topological polar surface area (TPSA) is 69.4 Å². The molecule has 0 heterocycles. The van der Waals surface area contributed by atoms with Gasteiger partial charge in [0.05, 0.1) is 11.9 Å². The van der Waals surface area contributed by atoms with Gasteiger partial charge in [0.15, 0.2) is 0 Å². The number of primary sulfonamides is 1. The summed E-state index contributed by atoms with van der Waals surface area (Å²) in [7, 11) is -3.29. The third kappa shape index (κ3) is 6.45. The summed E-state index contributed by atoms with van der Waals surface area (Å²) < 4.78 is 27.0. The van der Waals surface area contributed by atoms with Gasteiger partial charge in [-0.05, 0) is 44.4 Å². The van der Waals surface area contributed by atoms with E-state index in [1.54, 1.807) is 0 Å². The fraction of sp³-hybridized carbons (Fsp3) is 1.00. The van der Waals surface area contributed by atoms with Crippen molar-refractivity contribution in [3.63, 3.8) is 0 Å². The Hall–Kier alpha value is -0.130. The van der Waals surface area contributed by atoms with E-state index in [4.69, 9.17) is 9.88 Å². The minimum absolute atomic E-state index is 0.0675. The van der Waals surface area contributed by atoms with Gasteiger partial charge >= 0.3 is 0 Å². The zero-order chi connectivity index (χ0) is 12.0. The van der Waals surface area contributed by atoms with E-state index in [1.807, 2.05) is 0 Å². The van der Waals surface area contributed by atoms with Crippen molar-refractivity contribution in [1.29, 1.82) is 0 Å². The lowest BCUT2D eigenvalue weighted by Crippen LogP contribution is -2.21. The fourth-order valence-corrected chi connectivity index (χ4v) is 2.66. The maximum atomic E-state index is 10.7. The van der Waals surface area contributed by atoms with Gasteiger partial charge < -0.3 is 4.74 Å². The summed E-state index contributed by atoms with van der Waals surface area (Å²) in [5, 5.41) is 4.91. The lowest BCUT2D eigenvalue weighted by Gasteiger charge is -2.26. The molecule has 1 aliphatic rings. The molecule has 16 heavy (non-hydrogen) atoms. The van der Waals surface area contributed by atoms with Gasteiger partial charge in [0.1, 0.15) is 0 Å². The summed E-state index contributed by atoms with van der Waals surface area (Å²) in [6.07, 6.45) is 6.58. The van der Waals surface area contributed by atoms with Crippen molar-refractivity contribution in [2.45, 2.75) is 51.6 Å². The molecule has 0 saturated heterocycles. The summed E-state index contributed by atoms with van der Waals surface area (Å²) in [6.45, 7) is 2.94. The van der Waals surface area contributed by atoms with E-state index in [9.17, 15) is 8.42 Å². The predicted molar refractivity (Wildman–Crippen MR) is 64.6 cm³/mol. The van der Waals surface area contributed by atoms with Crippen LogP contribution in [0.5, 0.6) is 0 Å². The molecule has 0 amide bonds. The monoisotopic (exact) mass is 249 g/mol. The van der Waals surface area contributed by atoms with Crippen LogP contribution < -0.4 is 5.14 Å². The second-order valence-corrected chi connectivity index (χ2v) is 6.56. The number of rotatable bonds is 6. The lowest BCUT2D eigenvalue weighted by molar-refractivity contribution is 0.0185. The summed E-state index contributed by atoms with van der Waals surface area (Å²) >= 11 is 0. The third-order valence-electron chi connectivity index (χ3n) is 3.14. The van der Waals surface area contributed by atoms with Crippen LogP contribution in [0.4, 0.5) is 0 Å². The maximum Gasteiger partial charge on any atom is 0.209 e. The molecule has 4 nitrogen and oxygen atoms in total. The Morgan fingerprint density at radius 1 is 1.19 bits per heavy atom. The van der Waals surface area contributed by atoms with E-state index in [0.717, 1.165) is 25.2 Å². The molecule has 0 atom stereocenters. The molecule has 2 N–H and O–H groups in total. The highest BCUT2D eigenvalue weighted by atomic mass is 32.2. The van der Waals surface area contributed by atoms with Gasteiger partial charge in [0.25, 0.3) is 0 Å². The quantitative estimate of drug-likeness (QED) is 0.728. The van der Waals surface area contributed by atoms with Crippen LogP contribution >= 0.6 is 0 Å². The van der Waals surface area contributed by atoms with Crippen LogP contribution in [-0.2, 0) is 14.8 Å². The van der Waals surface area contributed by atoms with Crippen LogP contribution in [0.2, 0.25) is 0 Å². The SMILES string of the molecule is CC1CCC(OCCCCS(N)(=O)=O)CC1. The smallest absolute Gasteiger partial charge is 0.209 e. The minimum Gasteiger partial charge on any atom is -0.378 e. The van der Waals surface area contributed by atoms with Crippen molar-refractivity contribution in [1.82, 2.24) is 0 Å². The maximum absolute atomic E-state index is 10.7. The van der Waals surface area contributed by atoms with Gasteiger partial charge in [0.2, 0.25) is 10.0 Å². The Morgan fingerprint density at radius 3 is 2.38 bits per heavy atom. The molecule has 0 unspecified atom stereocenters. The Morgan fingerprint density at radius 2 is 1.81 bits per heavy atom. The summed E-state index contributed by atoms with van der Waals surface area (Å²) in [5.41, 5.74) is 0. The Balaban J connectivity index is 1.99. The number of nitrogens with two attached hydrogens (primary N) is 1. The van der Waals surface area contributed by atoms with Gasteiger partial charge in [-0.15, -0.1) is 0 Å². The van der Waals surface area contributed by atoms with E-state index in [1.165, 1.54) is 12.8 Å². The lowest BCUT2D eigenvalue weighted by atomic mass is 9.89. The van der Waals surface area contributed by atoms with E-state index >= 15 is 0 Å². The standard InChI is InChI=1S/C11H23NO3S/c1-10-4-6-11(7-5-10)15-8-2-3-9-16(12,13)14/h10-11H,2-9H2,1H3,(H2,12,13,14). The predicted octanol–water partition coefficient (Wildman–Crippen LogP) is 1.65. The first kappa shape index (κ1) is 13.9. The second-order valence-electron chi connectivity index (χ2n) is 4.83. The average Bonchev–Trinajstić information content (AvgIpc) is 2.19. The Labute approximate surface area is 98.6 Å². The zero-order valence-electron chi connectivity index (χ0n) is 10.0. The highest BCUT2D eigenvalue weighted by molar-refractivity contribution is 7.89. The van der Waals surface area contributed by atoms with Crippen LogP contribution in [0.3, 0.4) is 0 Å². The molecular formula is C11H23NO3S. The molecule has 5 heteroatoms. The molecule has 96 valence electrons. The molecule has 1 rings (SSSR count). The molecule has 0 aliphatic heterocycles. The second kappa shape index (κ2) is 6.57. The first-order valence-electron chi connectivity index (χ1n) is 6.09. The first-order chi connectivity index (χ1) is 7.47. The van der Waals surface area contributed by atoms with E-state index in [2.05, 4.69) is 6.92 Å². The molecule has 1 aliphatic carbocycles. The third-order valence-corrected chi connectivity index (χ3v) is 4.00. The van der Waals surface area contributed by atoms with Gasteiger partial charge in [-0.25, -0.2) is 13.6 Å². The highest BCUT2D eigenvalue weighted by Gasteiger charge is 2.18. The highest BCUT2D eigenvalue weighted by Crippen LogP contribution is 2.25. The van der Waals surface area contributed by atoms with Gasteiger partial charge in [0, 0.05) is 6.61 Å². The number of ether oxygens (including phenoxy) is 1.